The van der Waals surface area contributed by atoms with E-state index < -0.39 is 0 Å². The molecule has 3 aliphatic rings. The van der Waals surface area contributed by atoms with Crippen LogP contribution in [0, 0.1) is 5.92 Å². The maximum Gasteiger partial charge on any atom is 0.220 e. The average molecular weight is 240 g/mol. The number of nitrogens with one attached hydrogen (secondary N) is 1. The molecule has 3 heterocycles. The lowest BCUT2D eigenvalue weighted by atomic mass is 10.0. The second-order valence-electron chi connectivity index (χ2n) is 5.28. The first-order valence-electron chi connectivity index (χ1n) is 6.53. The Balaban J connectivity index is 1.46. The third-order valence-corrected chi connectivity index (χ3v) is 4.01. The molecule has 0 aliphatic carbocycles. The molecule has 0 aromatic carbocycles. The van der Waals surface area contributed by atoms with Crippen molar-refractivity contribution in [3.8, 4) is 0 Å². The molecule has 3 rings (SSSR count). The van der Waals surface area contributed by atoms with Gasteiger partial charge in [-0.15, -0.1) is 0 Å². The van der Waals surface area contributed by atoms with Crippen molar-refractivity contribution in [1.82, 2.24) is 10.2 Å². The molecule has 3 aliphatic heterocycles. The predicted molar refractivity (Wildman–Crippen MR) is 61.4 cm³/mol. The molecule has 96 valence electrons. The van der Waals surface area contributed by atoms with Gasteiger partial charge >= 0.3 is 0 Å². The van der Waals surface area contributed by atoms with Crippen LogP contribution in [0.1, 0.15) is 19.3 Å². The van der Waals surface area contributed by atoms with Gasteiger partial charge in [-0.1, -0.05) is 0 Å². The molecule has 1 spiro atoms. The molecule has 5 nitrogen and oxygen atoms in total. The fourth-order valence-corrected chi connectivity index (χ4v) is 3.02. The minimum absolute atomic E-state index is 0.200. The number of hydrogen-bond acceptors (Lipinski definition) is 4. The first kappa shape index (κ1) is 11.4. The summed E-state index contributed by atoms with van der Waals surface area (Å²) in [6.45, 7) is 5.37. The lowest BCUT2D eigenvalue weighted by molar-refractivity contribution is -0.185. The summed E-state index contributed by atoms with van der Waals surface area (Å²) in [5.74, 6) is 0.410. The molecule has 5 heteroatoms. The number of nitrogens with zero attached hydrogens (tertiary/aromatic N) is 1. The molecular weight excluding hydrogens is 220 g/mol. The second kappa shape index (κ2) is 4.55. The third kappa shape index (κ3) is 2.46. The molecule has 3 fully saturated rings. The minimum atomic E-state index is -0.278. The first-order chi connectivity index (χ1) is 8.26. The highest BCUT2D eigenvalue weighted by molar-refractivity contribution is 5.78. The Kier molecular flexibility index (Phi) is 3.06. The number of likely N-dealkylation sites (tertiary alicyclic amines) is 1. The van der Waals surface area contributed by atoms with E-state index in [0.29, 0.717) is 12.3 Å². The van der Waals surface area contributed by atoms with Gasteiger partial charge in [-0.3, -0.25) is 4.79 Å². The van der Waals surface area contributed by atoms with Crippen LogP contribution in [0.3, 0.4) is 0 Å². The van der Waals surface area contributed by atoms with E-state index in [9.17, 15) is 4.79 Å². The monoisotopic (exact) mass is 240 g/mol. The van der Waals surface area contributed by atoms with Crippen LogP contribution in [0.5, 0.6) is 0 Å². The highest BCUT2D eigenvalue weighted by Crippen LogP contribution is 2.31. The molecule has 1 unspecified atom stereocenters. The summed E-state index contributed by atoms with van der Waals surface area (Å²) in [5.41, 5.74) is 0. The highest BCUT2D eigenvalue weighted by Gasteiger charge is 2.40. The van der Waals surface area contributed by atoms with Gasteiger partial charge < -0.3 is 19.7 Å². The van der Waals surface area contributed by atoms with Crippen molar-refractivity contribution in [1.29, 1.82) is 0 Å². The SMILES string of the molecule is O=C1CC(CN2CCC3(CC2)OCCO3)CN1. The van der Waals surface area contributed by atoms with Crippen LogP contribution < -0.4 is 5.32 Å². The van der Waals surface area contributed by atoms with Crippen LogP contribution in [0.15, 0.2) is 0 Å². The average Bonchev–Trinajstić information content (AvgIpc) is 2.93. The van der Waals surface area contributed by atoms with Crippen LogP contribution >= 0.6 is 0 Å². The van der Waals surface area contributed by atoms with Gasteiger partial charge in [-0.25, -0.2) is 0 Å². The third-order valence-electron chi connectivity index (χ3n) is 4.01. The van der Waals surface area contributed by atoms with Crippen LogP contribution in [-0.4, -0.2) is 56.0 Å². The van der Waals surface area contributed by atoms with Gasteiger partial charge in [-0.05, 0) is 5.92 Å². The number of amides is 1. The Morgan fingerprint density at radius 3 is 2.59 bits per heavy atom. The molecule has 3 saturated heterocycles. The zero-order chi connectivity index (χ0) is 11.7. The molecule has 1 atom stereocenters. The Bertz CT molecular complexity index is 292. The summed E-state index contributed by atoms with van der Waals surface area (Å²) in [6, 6.07) is 0. The summed E-state index contributed by atoms with van der Waals surface area (Å²) in [4.78, 5) is 13.6. The van der Waals surface area contributed by atoms with Crippen LogP contribution in [-0.2, 0) is 14.3 Å². The largest absolute Gasteiger partial charge is 0.356 e. The van der Waals surface area contributed by atoms with Crippen molar-refractivity contribution in [2.24, 2.45) is 5.92 Å². The van der Waals surface area contributed by atoms with E-state index >= 15 is 0 Å². The number of hydrogen-bond donors (Lipinski definition) is 1. The Labute approximate surface area is 101 Å². The van der Waals surface area contributed by atoms with Crippen LogP contribution in [0.4, 0.5) is 0 Å². The van der Waals surface area contributed by atoms with Crippen LogP contribution in [0.25, 0.3) is 0 Å². The maximum atomic E-state index is 11.1. The summed E-state index contributed by atoms with van der Waals surface area (Å²) in [6.07, 6.45) is 2.61. The van der Waals surface area contributed by atoms with E-state index in [2.05, 4.69) is 10.2 Å². The Morgan fingerprint density at radius 1 is 1.29 bits per heavy atom. The van der Waals surface area contributed by atoms with Crippen molar-refractivity contribution in [2.75, 3.05) is 39.4 Å². The standard InChI is InChI=1S/C12H20N2O3/c15-11-7-10(8-13-11)9-14-3-1-12(2-4-14)16-5-6-17-12/h10H,1-9H2,(H,13,15). The van der Waals surface area contributed by atoms with Crippen molar-refractivity contribution in [2.45, 2.75) is 25.0 Å². The van der Waals surface area contributed by atoms with Gasteiger partial charge in [-0.2, -0.15) is 0 Å². The number of carbonyl (C=O) groups excluding carboxylic acids is 1. The number of ether oxygens (including phenoxy) is 2. The zero-order valence-corrected chi connectivity index (χ0v) is 10.1. The van der Waals surface area contributed by atoms with E-state index in [0.717, 1.165) is 52.2 Å². The van der Waals surface area contributed by atoms with Gasteiger partial charge in [0.15, 0.2) is 5.79 Å². The Hall–Kier alpha value is -0.650. The highest BCUT2D eigenvalue weighted by atomic mass is 16.7. The molecule has 0 bridgehead atoms. The summed E-state index contributed by atoms with van der Waals surface area (Å²) in [5, 5.41) is 2.89. The molecule has 1 N–H and O–H groups in total. The van der Waals surface area contributed by atoms with Crippen molar-refractivity contribution in [3.63, 3.8) is 0 Å². The van der Waals surface area contributed by atoms with Crippen molar-refractivity contribution in [3.05, 3.63) is 0 Å². The molecule has 0 aromatic heterocycles. The topological polar surface area (TPSA) is 50.8 Å². The lowest BCUT2D eigenvalue weighted by Crippen LogP contribution is -2.46. The molecular formula is C12H20N2O3. The molecule has 0 saturated carbocycles. The number of carbonyl (C=O) groups is 1. The van der Waals surface area contributed by atoms with Gasteiger partial charge in [0, 0.05) is 45.4 Å². The van der Waals surface area contributed by atoms with Gasteiger partial charge in [0.2, 0.25) is 5.91 Å². The smallest absolute Gasteiger partial charge is 0.220 e. The predicted octanol–water partition coefficient (Wildman–Crippen LogP) is -0.0386. The normalized spacial score (nSPS) is 33.2. The maximum absolute atomic E-state index is 11.1. The van der Waals surface area contributed by atoms with Crippen molar-refractivity contribution >= 4 is 5.91 Å². The number of rotatable bonds is 2. The summed E-state index contributed by atoms with van der Waals surface area (Å²) in [7, 11) is 0. The first-order valence-corrected chi connectivity index (χ1v) is 6.53. The summed E-state index contributed by atoms with van der Waals surface area (Å²) >= 11 is 0. The molecule has 0 aromatic rings. The van der Waals surface area contributed by atoms with Crippen molar-refractivity contribution < 1.29 is 14.3 Å². The van der Waals surface area contributed by atoms with Crippen LogP contribution in [0.2, 0.25) is 0 Å². The van der Waals surface area contributed by atoms with Gasteiger partial charge in [0.25, 0.3) is 0 Å². The summed E-state index contributed by atoms with van der Waals surface area (Å²) < 4.78 is 11.4. The van der Waals surface area contributed by atoms with E-state index in [1.165, 1.54) is 0 Å². The quantitative estimate of drug-likeness (QED) is 0.736. The number of piperidine rings is 1. The van der Waals surface area contributed by atoms with Gasteiger partial charge in [0.05, 0.1) is 13.2 Å². The lowest BCUT2D eigenvalue weighted by Gasteiger charge is -2.38. The molecule has 17 heavy (non-hydrogen) atoms. The van der Waals surface area contributed by atoms with Gasteiger partial charge in [0.1, 0.15) is 0 Å². The van der Waals surface area contributed by atoms with E-state index in [4.69, 9.17) is 9.47 Å². The molecule has 1 amide bonds. The molecule has 0 radical (unpaired) electrons. The fraction of sp³-hybridized carbons (Fsp3) is 0.917. The van der Waals surface area contributed by atoms with E-state index in [1.54, 1.807) is 0 Å². The zero-order valence-electron chi connectivity index (χ0n) is 10.1. The van der Waals surface area contributed by atoms with E-state index in [1.807, 2.05) is 0 Å². The minimum Gasteiger partial charge on any atom is -0.356 e. The fourth-order valence-electron chi connectivity index (χ4n) is 3.02. The second-order valence-corrected chi connectivity index (χ2v) is 5.28. The Morgan fingerprint density at radius 2 is 2.00 bits per heavy atom. The van der Waals surface area contributed by atoms with E-state index in [-0.39, 0.29) is 11.7 Å².